The molecule has 0 spiro atoms. The van der Waals surface area contributed by atoms with E-state index in [4.69, 9.17) is 4.74 Å². The zero-order valence-electron chi connectivity index (χ0n) is 13.6. The molecule has 23 heavy (non-hydrogen) atoms. The average Bonchev–Trinajstić information content (AvgIpc) is 2.97. The third kappa shape index (κ3) is 2.75. The summed E-state index contributed by atoms with van der Waals surface area (Å²) in [5.74, 6) is 1.41. The molecule has 118 valence electrons. The molecule has 0 N–H and O–H groups in total. The maximum absolute atomic E-state index is 5.43. The number of nitrogens with zero attached hydrogens (tertiary/aromatic N) is 1. The van der Waals surface area contributed by atoms with Crippen LogP contribution in [0.25, 0.3) is 10.1 Å². The molecule has 0 amide bonds. The van der Waals surface area contributed by atoms with Gasteiger partial charge in [0.2, 0.25) is 0 Å². The van der Waals surface area contributed by atoms with Crippen LogP contribution in [-0.4, -0.2) is 25.6 Å². The van der Waals surface area contributed by atoms with E-state index in [1.807, 2.05) is 11.3 Å². The number of ether oxygens (including phenoxy) is 1. The number of hydrogen-bond acceptors (Lipinski definition) is 3. The molecule has 1 atom stereocenters. The van der Waals surface area contributed by atoms with Gasteiger partial charge in [-0.3, -0.25) is 0 Å². The number of thiophene rings is 1. The Labute approximate surface area is 141 Å². The summed E-state index contributed by atoms with van der Waals surface area (Å²) in [6, 6.07) is 15.7. The van der Waals surface area contributed by atoms with Crippen molar-refractivity contribution in [2.45, 2.75) is 18.9 Å². The summed E-state index contributed by atoms with van der Waals surface area (Å²) in [7, 11) is 3.94. The fraction of sp³-hybridized carbons (Fsp3) is 0.300. The summed E-state index contributed by atoms with van der Waals surface area (Å²) >= 11 is 1.81. The Morgan fingerprint density at radius 2 is 2.04 bits per heavy atom. The molecule has 0 aliphatic carbocycles. The molecule has 0 bridgehead atoms. The van der Waals surface area contributed by atoms with Crippen molar-refractivity contribution in [1.29, 1.82) is 0 Å². The molecule has 3 heteroatoms. The Bertz CT molecular complexity index is 839. The van der Waals surface area contributed by atoms with Crippen molar-refractivity contribution in [3.63, 3.8) is 0 Å². The summed E-state index contributed by atoms with van der Waals surface area (Å²) < 4.78 is 6.80. The number of rotatable bonds is 2. The van der Waals surface area contributed by atoms with Crippen molar-refractivity contribution in [2.24, 2.45) is 0 Å². The highest BCUT2D eigenvalue weighted by Gasteiger charge is 2.23. The van der Waals surface area contributed by atoms with E-state index in [0.717, 1.165) is 25.3 Å². The third-order valence-electron chi connectivity index (χ3n) is 4.84. The lowest BCUT2D eigenvalue weighted by Crippen LogP contribution is -2.17. The van der Waals surface area contributed by atoms with Gasteiger partial charge in [0.15, 0.2) is 0 Å². The minimum Gasteiger partial charge on any atom is -0.497 e. The molecule has 3 aromatic rings. The summed E-state index contributed by atoms with van der Waals surface area (Å²) in [5.41, 5.74) is 4.27. The van der Waals surface area contributed by atoms with Gasteiger partial charge in [-0.15, -0.1) is 11.3 Å². The van der Waals surface area contributed by atoms with Crippen LogP contribution in [0.4, 0.5) is 0 Å². The zero-order chi connectivity index (χ0) is 15.8. The second-order valence-electron chi connectivity index (χ2n) is 6.36. The van der Waals surface area contributed by atoms with E-state index in [-0.39, 0.29) is 0 Å². The number of benzene rings is 2. The third-order valence-corrected chi connectivity index (χ3v) is 5.74. The van der Waals surface area contributed by atoms with Gasteiger partial charge in [0.1, 0.15) is 5.75 Å². The van der Waals surface area contributed by atoms with Crippen LogP contribution >= 0.6 is 11.3 Å². The van der Waals surface area contributed by atoms with Gasteiger partial charge in [-0.05, 0) is 77.8 Å². The minimum atomic E-state index is 0.463. The molecular formula is C20H21NOS. The van der Waals surface area contributed by atoms with Gasteiger partial charge >= 0.3 is 0 Å². The monoisotopic (exact) mass is 323 g/mol. The van der Waals surface area contributed by atoms with Crippen LogP contribution in [0.15, 0.2) is 47.8 Å². The van der Waals surface area contributed by atoms with E-state index in [0.29, 0.717) is 5.92 Å². The van der Waals surface area contributed by atoms with Crippen molar-refractivity contribution in [3.8, 4) is 5.75 Å². The first kappa shape index (κ1) is 14.7. The predicted molar refractivity (Wildman–Crippen MR) is 97.6 cm³/mol. The molecule has 2 heterocycles. The summed E-state index contributed by atoms with van der Waals surface area (Å²) in [6.07, 6.45) is 1.16. The van der Waals surface area contributed by atoms with Gasteiger partial charge in [0.25, 0.3) is 0 Å². The number of methoxy groups -OCH3 is 1. The Morgan fingerprint density at radius 1 is 1.13 bits per heavy atom. The fourth-order valence-corrected chi connectivity index (χ4v) is 4.38. The van der Waals surface area contributed by atoms with E-state index >= 15 is 0 Å². The molecule has 0 saturated carbocycles. The SMILES string of the molecule is COc1ccc2c(c1)CN(C)CCC2c1ccc2sccc2c1. The minimum absolute atomic E-state index is 0.463. The normalized spacial score (nSPS) is 18.6. The molecule has 1 aliphatic rings. The smallest absolute Gasteiger partial charge is 0.119 e. The quantitative estimate of drug-likeness (QED) is 0.666. The number of fused-ring (bicyclic) bond motifs is 2. The molecule has 0 radical (unpaired) electrons. The predicted octanol–water partition coefficient (Wildman–Crippen LogP) is 4.88. The molecule has 1 aliphatic heterocycles. The Kier molecular flexibility index (Phi) is 3.83. The second kappa shape index (κ2) is 5.99. The van der Waals surface area contributed by atoms with Crippen molar-refractivity contribution in [1.82, 2.24) is 4.90 Å². The molecular weight excluding hydrogens is 302 g/mol. The van der Waals surface area contributed by atoms with Crippen LogP contribution in [-0.2, 0) is 6.54 Å². The van der Waals surface area contributed by atoms with Gasteiger partial charge in [-0.25, -0.2) is 0 Å². The maximum atomic E-state index is 5.43. The summed E-state index contributed by atoms with van der Waals surface area (Å²) in [6.45, 7) is 2.10. The van der Waals surface area contributed by atoms with Crippen LogP contribution in [0.5, 0.6) is 5.75 Å². The van der Waals surface area contributed by atoms with Crippen LogP contribution in [0.3, 0.4) is 0 Å². The highest BCUT2D eigenvalue weighted by molar-refractivity contribution is 7.17. The average molecular weight is 323 g/mol. The van der Waals surface area contributed by atoms with Gasteiger partial charge < -0.3 is 9.64 Å². The first-order valence-corrected chi connectivity index (χ1v) is 8.95. The van der Waals surface area contributed by atoms with E-state index in [1.54, 1.807) is 7.11 Å². The van der Waals surface area contributed by atoms with Crippen LogP contribution in [0.1, 0.15) is 29.0 Å². The van der Waals surface area contributed by atoms with Crippen molar-refractivity contribution in [2.75, 3.05) is 20.7 Å². The van der Waals surface area contributed by atoms with Crippen molar-refractivity contribution >= 4 is 21.4 Å². The van der Waals surface area contributed by atoms with Gasteiger partial charge in [0.05, 0.1) is 7.11 Å². The van der Waals surface area contributed by atoms with Crippen LogP contribution in [0.2, 0.25) is 0 Å². The van der Waals surface area contributed by atoms with E-state index in [2.05, 4.69) is 59.8 Å². The first-order valence-electron chi connectivity index (χ1n) is 8.07. The Morgan fingerprint density at radius 3 is 2.91 bits per heavy atom. The largest absolute Gasteiger partial charge is 0.497 e. The highest BCUT2D eigenvalue weighted by atomic mass is 32.1. The Balaban J connectivity index is 1.81. The topological polar surface area (TPSA) is 12.5 Å². The molecule has 4 rings (SSSR count). The fourth-order valence-electron chi connectivity index (χ4n) is 3.61. The molecule has 2 nitrogen and oxygen atoms in total. The molecule has 1 unspecified atom stereocenters. The lowest BCUT2D eigenvalue weighted by Gasteiger charge is -2.18. The summed E-state index contributed by atoms with van der Waals surface area (Å²) in [5, 5.41) is 3.54. The van der Waals surface area contributed by atoms with Crippen LogP contribution in [0, 0.1) is 0 Å². The van der Waals surface area contributed by atoms with E-state index < -0.39 is 0 Å². The van der Waals surface area contributed by atoms with Crippen molar-refractivity contribution < 1.29 is 4.74 Å². The summed E-state index contributed by atoms with van der Waals surface area (Å²) in [4.78, 5) is 2.40. The molecule has 2 aromatic carbocycles. The van der Waals surface area contributed by atoms with Crippen molar-refractivity contribution in [3.05, 3.63) is 64.5 Å². The standard InChI is InChI=1S/C20H21NOS/c1-21-9-7-19(14-3-6-20-15(11-14)8-10-23-20)18-5-4-17(22-2)12-16(18)13-21/h3-6,8,10-12,19H,7,9,13H2,1-2H3. The lowest BCUT2D eigenvalue weighted by molar-refractivity contribution is 0.327. The second-order valence-corrected chi connectivity index (χ2v) is 7.31. The maximum Gasteiger partial charge on any atom is 0.119 e. The van der Waals surface area contributed by atoms with E-state index in [9.17, 15) is 0 Å². The van der Waals surface area contributed by atoms with Gasteiger partial charge in [-0.2, -0.15) is 0 Å². The molecule has 1 aromatic heterocycles. The Hall–Kier alpha value is -1.84. The van der Waals surface area contributed by atoms with Gasteiger partial charge in [-0.1, -0.05) is 12.1 Å². The highest BCUT2D eigenvalue weighted by Crippen LogP contribution is 2.37. The molecule has 0 saturated heterocycles. The van der Waals surface area contributed by atoms with Crippen LogP contribution < -0.4 is 4.74 Å². The first-order chi connectivity index (χ1) is 11.2. The number of hydrogen-bond donors (Lipinski definition) is 0. The van der Waals surface area contributed by atoms with Gasteiger partial charge in [0, 0.05) is 17.2 Å². The molecule has 0 fully saturated rings. The zero-order valence-corrected chi connectivity index (χ0v) is 14.4. The lowest BCUT2D eigenvalue weighted by atomic mass is 9.86. The van der Waals surface area contributed by atoms with E-state index in [1.165, 1.54) is 26.8 Å².